The number of likely N-dealkylation sites (N-methyl/N-ethyl adjacent to an activating group) is 2. The van der Waals surface area contributed by atoms with Crippen molar-refractivity contribution in [3.05, 3.63) is 135 Å². The maximum absolute atomic E-state index is 14.6. The SMILES string of the molecule is COC(=O)[C@H]1O[C@@H](Oc2cc3c(c4c(C)csc24)[C@H](CCl)CN3C(=O)CCCC(=O)N2C[C@@H](CCl)c3c2cc(OC(=O)N(C)CCN(C)C(=O)OCc2ccc(NC(=O)[C@H](CCCNC(N)=O)NC(=O)[C@@H](NC(=O)OCC4c5ccccc5-c5ccccc54)C(C)C)cc2)c2scc(C)c32)[C@H](OC(C)=O)[C@@H](OC(C)=O)[C@@H]1OC(C)=O. The van der Waals surface area contributed by atoms with E-state index in [-0.39, 0.29) is 131 Å². The van der Waals surface area contributed by atoms with Crippen LogP contribution in [-0.2, 0) is 78.1 Å². The number of nitrogens with one attached hydrogen (secondary N) is 4. The highest BCUT2D eigenvalue weighted by Gasteiger charge is 2.56. The van der Waals surface area contributed by atoms with Crippen molar-refractivity contribution in [2.45, 2.75) is 148 Å². The van der Waals surface area contributed by atoms with E-state index >= 15 is 0 Å². The zero-order valence-corrected chi connectivity index (χ0v) is 68.1. The average molecular weight is 1660 g/mol. The molecule has 1 fully saturated rings. The summed E-state index contributed by atoms with van der Waals surface area (Å²) in [6.07, 6.45) is -10.3. The number of amides is 9. The fraction of sp³-hybridized carbons (Fsp3) is 0.432. The number of nitrogens with two attached hydrogens (primary N) is 1. The molecule has 5 heterocycles. The van der Waals surface area contributed by atoms with Gasteiger partial charge in [0.2, 0.25) is 36.0 Å². The highest BCUT2D eigenvalue weighted by molar-refractivity contribution is 7.18. The van der Waals surface area contributed by atoms with Gasteiger partial charge in [0.05, 0.1) is 27.9 Å². The summed E-state index contributed by atoms with van der Waals surface area (Å²) in [6.45, 7) is 10.9. The second-order valence-electron chi connectivity index (χ2n) is 28.9. The number of nitrogens with zero attached hydrogens (tertiary/aromatic N) is 4. The lowest BCUT2D eigenvalue weighted by Crippen LogP contribution is -2.64. The van der Waals surface area contributed by atoms with E-state index in [0.29, 0.717) is 32.0 Å². The second kappa shape index (κ2) is 37.7. The number of anilines is 3. The quantitative estimate of drug-likeness (QED) is 0.0121. The number of aryl methyl sites for hydroxylation is 2. The van der Waals surface area contributed by atoms with Gasteiger partial charge in [0, 0.05) is 139 Å². The number of methoxy groups -OCH3 is 1. The Morgan fingerprint density at radius 1 is 0.652 bits per heavy atom. The highest BCUT2D eigenvalue weighted by Crippen LogP contribution is 2.52. The molecule has 2 aromatic heterocycles. The van der Waals surface area contributed by atoms with Crippen LogP contribution in [-0.4, -0.2) is 197 Å². The number of urea groups is 1. The number of benzene rings is 5. The summed E-state index contributed by atoms with van der Waals surface area (Å²) >= 11 is 16.0. The highest BCUT2D eigenvalue weighted by atomic mass is 35.5. The van der Waals surface area contributed by atoms with Gasteiger partial charge >= 0.3 is 48.2 Å². The Hall–Kier alpha value is -10.8. The van der Waals surface area contributed by atoms with Crippen molar-refractivity contribution >= 4 is 155 Å². The number of esters is 4. The fourth-order valence-electron chi connectivity index (χ4n) is 14.8. The first-order chi connectivity index (χ1) is 55.0. The monoisotopic (exact) mass is 1660 g/mol. The number of halogens is 2. The topological polar surface area (TPSA) is 375 Å². The first-order valence-electron chi connectivity index (χ1n) is 37.4. The van der Waals surface area contributed by atoms with E-state index in [1.165, 1.54) is 46.6 Å². The molecule has 7 aromatic rings. The Labute approximate surface area is 681 Å². The summed E-state index contributed by atoms with van der Waals surface area (Å²) in [7, 11) is 4.09. The third-order valence-corrected chi connectivity index (χ3v) is 23.4. The van der Waals surface area contributed by atoms with E-state index in [1.54, 1.807) is 60.0 Å². The molecule has 9 amide bonds. The molecule has 1 aliphatic carbocycles. The second-order valence-corrected chi connectivity index (χ2v) is 31.2. The number of hydrogen-bond acceptors (Lipinski definition) is 23. The van der Waals surface area contributed by atoms with Crippen LogP contribution in [0, 0.1) is 19.8 Å². The molecule has 0 radical (unpaired) electrons. The summed E-state index contributed by atoms with van der Waals surface area (Å²) in [6, 6.07) is 22.6. The molecule has 11 rings (SSSR count). The number of alkyl halides is 2. The van der Waals surface area contributed by atoms with E-state index in [1.807, 2.05) is 73.1 Å². The van der Waals surface area contributed by atoms with Crippen LogP contribution in [0.15, 0.2) is 95.7 Å². The van der Waals surface area contributed by atoms with Crippen molar-refractivity contribution in [2.24, 2.45) is 11.7 Å². The molecule has 115 heavy (non-hydrogen) atoms. The number of carbonyl (C=O) groups excluding carboxylic acids is 12. The number of fused-ring (bicyclic) bond motifs is 9. The Bertz CT molecular complexity index is 4840. The summed E-state index contributed by atoms with van der Waals surface area (Å²) < 4.78 is 53.1. The van der Waals surface area contributed by atoms with Crippen LogP contribution < -0.4 is 46.3 Å². The van der Waals surface area contributed by atoms with Gasteiger partial charge < -0.3 is 89.2 Å². The van der Waals surface area contributed by atoms with E-state index in [2.05, 4.69) is 21.3 Å². The lowest BCUT2D eigenvalue weighted by molar-refractivity contribution is -0.282. The molecule has 5 aromatic carbocycles. The first-order valence-corrected chi connectivity index (χ1v) is 40.2. The van der Waals surface area contributed by atoms with Crippen LogP contribution >= 0.6 is 45.9 Å². The standard InChI is InChI=1S/C81H91Cl2N9O21S2/c1-41(2)67(88-79(102)106-38-55-53-19-13-11-17-51(53)52-18-12-14-20-54(52)55)75(99)87-56(21-16-28-85-78(84)101)74(98)86-50-26-24-47(25-27-50)37-107-80(103)89(8)29-30-90(9)81(104)112-60-32-58-66(64-43(4)40-115-73(60)64)49(34-83)36-92(58)62(97)23-15-22-61(96)91-35-48(33-82)65-57(91)31-59(72-63(65)42(3)39-114-72)111-77-71(110-46(7)95)69(109-45(6)94)68(108-44(5)93)70(113-77)76(100)105-10/h11-14,17-20,24-27,31-32,39-41,48-49,55-56,67-71,77H,15-16,21-23,28-30,33-38H2,1-10H3,(H,86,98)(H,87,99)(H,88,102)(H3,84,85,101)/t48-,49-,56+,67+,68+,69+,70+,71-,77-/m1/s1. The molecule has 0 unspecified atom stereocenters. The van der Waals surface area contributed by atoms with Crippen molar-refractivity contribution in [1.29, 1.82) is 0 Å². The molecule has 34 heteroatoms. The lowest BCUT2D eigenvalue weighted by atomic mass is 9.96. The van der Waals surface area contributed by atoms with Gasteiger partial charge in [-0.15, -0.1) is 45.9 Å². The molecule has 1 saturated heterocycles. The van der Waals surface area contributed by atoms with Gasteiger partial charge in [0.1, 0.15) is 31.0 Å². The summed E-state index contributed by atoms with van der Waals surface area (Å²) in [4.78, 5) is 166. The van der Waals surface area contributed by atoms with E-state index in [9.17, 15) is 57.5 Å². The Morgan fingerprint density at radius 3 is 1.72 bits per heavy atom. The number of hydrogen-bond donors (Lipinski definition) is 5. The maximum Gasteiger partial charge on any atom is 0.415 e. The molecule has 0 saturated carbocycles. The third kappa shape index (κ3) is 19.4. The Morgan fingerprint density at radius 2 is 1.18 bits per heavy atom. The van der Waals surface area contributed by atoms with Crippen molar-refractivity contribution in [3.8, 4) is 22.6 Å². The average Bonchev–Trinajstić information content (AvgIpc) is 1.60. The number of rotatable bonds is 30. The van der Waals surface area contributed by atoms with Gasteiger partial charge in [-0.2, -0.15) is 0 Å². The molecule has 30 nitrogen and oxygen atoms in total. The number of ether oxygens (including phenoxy) is 9. The minimum absolute atomic E-state index is 0.0130. The number of carbonyl (C=O) groups is 12. The van der Waals surface area contributed by atoms with Gasteiger partial charge in [-0.05, 0) is 112 Å². The van der Waals surface area contributed by atoms with Crippen LogP contribution in [0.5, 0.6) is 11.5 Å². The molecular weight excluding hydrogens is 1570 g/mol. The van der Waals surface area contributed by atoms with E-state index in [4.69, 9.17) is 71.6 Å². The molecule has 0 bridgehead atoms. The lowest BCUT2D eigenvalue weighted by Gasteiger charge is -2.43. The largest absolute Gasteiger partial charge is 0.467 e. The Kier molecular flexibility index (Phi) is 27.9. The van der Waals surface area contributed by atoms with Crippen molar-refractivity contribution in [1.82, 2.24) is 25.8 Å². The number of primary amides is 1. The molecule has 0 spiro atoms. The third-order valence-electron chi connectivity index (χ3n) is 20.4. The molecule has 6 N–H and O–H groups in total. The number of alkyl carbamates (subject to hydrolysis) is 1. The van der Waals surface area contributed by atoms with Crippen molar-refractivity contribution in [2.75, 3.05) is 87.4 Å². The predicted molar refractivity (Wildman–Crippen MR) is 429 cm³/mol. The van der Waals surface area contributed by atoms with Crippen molar-refractivity contribution in [3.63, 3.8) is 0 Å². The fourth-order valence-corrected chi connectivity index (χ4v) is 17.4. The van der Waals surface area contributed by atoms with Gasteiger partial charge in [-0.1, -0.05) is 74.5 Å². The molecular formula is C81H91Cl2N9O21S2. The smallest absolute Gasteiger partial charge is 0.415 e. The maximum atomic E-state index is 14.6. The van der Waals surface area contributed by atoms with E-state index < -0.39 is 109 Å². The number of thiophene rings is 2. The van der Waals surface area contributed by atoms with Gasteiger partial charge in [0.15, 0.2) is 24.1 Å². The van der Waals surface area contributed by atoms with Crippen molar-refractivity contribution < 1.29 is 100 Å². The molecule has 4 aliphatic rings. The van der Waals surface area contributed by atoms with Crippen LogP contribution in [0.3, 0.4) is 0 Å². The minimum Gasteiger partial charge on any atom is -0.467 e. The Balaban J connectivity index is 0.684. The molecule has 3 aliphatic heterocycles. The van der Waals surface area contributed by atoms with Gasteiger partial charge in [0.25, 0.3) is 0 Å². The summed E-state index contributed by atoms with van der Waals surface area (Å²) in [5.41, 5.74) is 14.6. The van der Waals surface area contributed by atoms with Crippen LogP contribution in [0.4, 0.5) is 36.2 Å². The first kappa shape index (κ1) is 85.1. The predicted octanol–water partition coefficient (Wildman–Crippen LogP) is 11.1. The molecule has 9 atom stereocenters. The van der Waals surface area contributed by atoms with E-state index in [0.717, 1.165) is 83.2 Å². The summed E-state index contributed by atoms with van der Waals surface area (Å²) in [5, 5.41) is 16.1. The van der Waals surface area contributed by atoms with Gasteiger partial charge in [-0.25, -0.2) is 24.0 Å². The molecule has 612 valence electrons. The normalized spacial score (nSPS) is 18.4. The zero-order chi connectivity index (χ0) is 82.8. The van der Waals surface area contributed by atoms with Crippen LogP contribution in [0.1, 0.15) is 123 Å². The van der Waals surface area contributed by atoms with Crippen LogP contribution in [0.2, 0.25) is 0 Å². The summed E-state index contributed by atoms with van der Waals surface area (Å²) in [5.74, 6) is -6.16. The zero-order valence-electron chi connectivity index (χ0n) is 65.0. The van der Waals surface area contributed by atoms with Gasteiger partial charge in [-0.3, -0.25) is 33.6 Å². The minimum atomic E-state index is -1.73. The van der Waals surface area contributed by atoms with Crippen LogP contribution in [0.25, 0.3) is 31.3 Å².